The largest absolute Gasteiger partial charge is 0.490 e. The van der Waals surface area contributed by atoms with Gasteiger partial charge in [-0.15, -0.1) is 0 Å². The molecule has 56 heavy (non-hydrogen) atoms. The van der Waals surface area contributed by atoms with E-state index < -0.39 is 12.4 Å². The zero-order valence-electron chi connectivity index (χ0n) is 32.3. The lowest BCUT2D eigenvalue weighted by Gasteiger charge is -2.55. The van der Waals surface area contributed by atoms with Gasteiger partial charge in [0.1, 0.15) is 5.75 Å². The Morgan fingerprint density at radius 1 is 0.964 bits per heavy atom. The molecule has 3 aliphatic heterocycles. The van der Waals surface area contributed by atoms with Crippen LogP contribution < -0.4 is 9.64 Å². The van der Waals surface area contributed by atoms with Gasteiger partial charge in [0, 0.05) is 86.9 Å². The monoisotopic (exact) mass is 767 g/mol. The lowest BCUT2D eigenvalue weighted by molar-refractivity contribution is -0.129. The molecule has 0 unspecified atom stereocenters. The summed E-state index contributed by atoms with van der Waals surface area (Å²) in [7, 11) is 1.79. The number of piperidine rings is 1. The van der Waals surface area contributed by atoms with Crippen LogP contribution >= 0.6 is 0 Å². The number of amides is 1. The highest BCUT2D eigenvalue weighted by Gasteiger charge is 2.49. The van der Waals surface area contributed by atoms with E-state index in [-0.39, 0.29) is 29.2 Å². The van der Waals surface area contributed by atoms with E-state index in [1.807, 2.05) is 11.0 Å². The Balaban J connectivity index is 0.884. The van der Waals surface area contributed by atoms with Crippen molar-refractivity contribution in [3.05, 3.63) is 76.7 Å². The van der Waals surface area contributed by atoms with Crippen LogP contribution in [-0.4, -0.2) is 84.7 Å². The van der Waals surface area contributed by atoms with Crippen molar-refractivity contribution in [3.63, 3.8) is 0 Å². The number of anilines is 2. The number of nitrogens with zero attached hydrogens (tertiary/aromatic N) is 7. The quantitative estimate of drug-likeness (QED) is 0.194. The fraction of sp³-hybridized carbons (Fsp3) is 0.535. The van der Waals surface area contributed by atoms with E-state index in [2.05, 4.69) is 19.6 Å². The van der Waals surface area contributed by atoms with Crippen LogP contribution in [0.15, 0.2) is 48.8 Å². The molecule has 2 saturated carbocycles. The standard InChI is InChI=1S/C43H51F2N7O4/c1-27(53)50-19-13-38-37(26-50)41(51-16-3-4-29-20-35(30-24-46-48(2)25-30)36(40(44)45)21-39(29)51)47-52(38)31-11-17-49(18-12-31)32-22-43(23-32)14-9-34(10-15-43)56-33-7-5-28(6-8-33)42(54)55/h5-8,20-21,24-25,31-32,34,40H,3-4,9-19,22-23,26H2,1-2H3,(H,54,55). The molecule has 0 radical (unpaired) electrons. The molecule has 296 valence electrons. The van der Waals surface area contributed by atoms with Crippen LogP contribution in [-0.2, 0) is 31.2 Å². The van der Waals surface area contributed by atoms with Crippen molar-refractivity contribution in [3.8, 4) is 16.9 Å². The fourth-order valence-corrected chi connectivity index (χ4v) is 10.4. The normalized spacial score (nSPS) is 24.2. The van der Waals surface area contributed by atoms with Gasteiger partial charge in [-0.05, 0) is 117 Å². The minimum absolute atomic E-state index is 0.00126. The first-order valence-corrected chi connectivity index (χ1v) is 20.4. The van der Waals surface area contributed by atoms with Crippen molar-refractivity contribution in [2.45, 2.75) is 109 Å². The number of halogens is 2. The van der Waals surface area contributed by atoms with Crippen LogP contribution in [0, 0.1) is 5.41 Å². The number of hydrogen-bond acceptors (Lipinski definition) is 7. The number of carbonyl (C=O) groups excluding carboxylic acids is 1. The Hall–Kier alpha value is -4.78. The maximum absolute atomic E-state index is 14.7. The van der Waals surface area contributed by atoms with E-state index in [4.69, 9.17) is 9.84 Å². The summed E-state index contributed by atoms with van der Waals surface area (Å²) in [5, 5.41) is 18.8. The molecule has 9 rings (SSSR count). The van der Waals surface area contributed by atoms with E-state index in [1.54, 1.807) is 61.4 Å². The minimum Gasteiger partial charge on any atom is -0.490 e. The number of carbonyl (C=O) groups is 2. The Morgan fingerprint density at radius 2 is 1.71 bits per heavy atom. The maximum Gasteiger partial charge on any atom is 0.335 e. The van der Waals surface area contributed by atoms with Crippen LogP contribution in [0.3, 0.4) is 0 Å². The molecule has 0 atom stereocenters. The summed E-state index contributed by atoms with van der Waals surface area (Å²) in [4.78, 5) is 30.5. The molecule has 11 nitrogen and oxygen atoms in total. The van der Waals surface area contributed by atoms with Gasteiger partial charge in [0.15, 0.2) is 5.82 Å². The van der Waals surface area contributed by atoms with Gasteiger partial charge in [0.05, 0.1) is 30.5 Å². The van der Waals surface area contributed by atoms with Crippen molar-refractivity contribution >= 4 is 23.4 Å². The highest BCUT2D eigenvalue weighted by Crippen LogP contribution is 2.54. The zero-order chi connectivity index (χ0) is 38.7. The first-order chi connectivity index (χ1) is 27.0. The third kappa shape index (κ3) is 6.85. The number of alkyl halides is 2. The van der Waals surface area contributed by atoms with Gasteiger partial charge < -0.3 is 24.5 Å². The van der Waals surface area contributed by atoms with E-state index in [0.717, 1.165) is 86.4 Å². The van der Waals surface area contributed by atoms with Gasteiger partial charge in [-0.1, -0.05) is 0 Å². The second-order valence-corrected chi connectivity index (χ2v) is 16.9. The third-order valence-electron chi connectivity index (χ3n) is 13.5. The summed E-state index contributed by atoms with van der Waals surface area (Å²) in [6, 6.07) is 11.2. The molecular formula is C43H51F2N7O4. The van der Waals surface area contributed by atoms with Crippen LogP contribution in [0.4, 0.5) is 20.3 Å². The van der Waals surface area contributed by atoms with Crippen molar-refractivity contribution in [1.29, 1.82) is 0 Å². The molecule has 0 bridgehead atoms. The third-order valence-corrected chi connectivity index (χ3v) is 13.5. The molecule has 1 saturated heterocycles. The van der Waals surface area contributed by atoms with Crippen LogP contribution in [0.25, 0.3) is 11.1 Å². The van der Waals surface area contributed by atoms with E-state index in [1.165, 1.54) is 31.4 Å². The zero-order valence-corrected chi connectivity index (χ0v) is 32.3. The summed E-state index contributed by atoms with van der Waals surface area (Å²) in [5.74, 6) is 0.654. The average molecular weight is 768 g/mol. The SMILES string of the molecule is CC(=O)N1CCc2c(c(N3CCCc4cc(-c5cnn(C)c5)c(C(F)F)cc43)nn2C2CCN(C3CC4(CCC(Oc5ccc(C(=O)O)cc5)CC4)C3)CC2)C1. The molecular weight excluding hydrogens is 717 g/mol. The lowest BCUT2D eigenvalue weighted by atomic mass is 9.57. The van der Waals surface area contributed by atoms with Crippen LogP contribution in [0.5, 0.6) is 5.75 Å². The van der Waals surface area contributed by atoms with Gasteiger partial charge in [0.25, 0.3) is 6.43 Å². The lowest BCUT2D eigenvalue weighted by Crippen LogP contribution is -2.54. The summed E-state index contributed by atoms with van der Waals surface area (Å²) in [6.45, 7) is 5.47. The van der Waals surface area contributed by atoms with Gasteiger partial charge in [-0.3, -0.25) is 14.2 Å². The van der Waals surface area contributed by atoms with Gasteiger partial charge in [-0.2, -0.15) is 10.2 Å². The molecule has 3 fully saturated rings. The summed E-state index contributed by atoms with van der Waals surface area (Å²) < 4.78 is 39.5. The Bertz CT molecular complexity index is 2110. The van der Waals surface area contributed by atoms with E-state index >= 15 is 0 Å². The van der Waals surface area contributed by atoms with Crippen molar-refractivity contribution in [1.82, 2.24) is 29.4 Å². The molecule has 1 N–H and O–H groups in total. The van der Waals surface area contributed by atoms with E-state index in [9.17, 15) is 23.5 Å². The van der Waals surface area contributed by atoms with Gasteiger partial charge in [-0.25, -0.2) is 13.6 Å². The number of ether oxygens (including phenoxy) is 1. The van der Waals surface area contributed by atoms with Crippen molar-refractivity contribution < 1.29 is 28.2 Å². The number of rotatable bonds is 8. The Kier molecular flexibility index (Phi) is 9.62. The Morgan fingerprint density at radius 3 is 2.38 bits per heavy atom. The number of aromatic carboxylic acids is 1. The number of hydrogen-bond donors (Lipinski definition) is 1. The number of aryl methyl sites for hydroxylation is 2. The number of aromatic nitrogens is 4. The predicted molar refractivity (Wildman–Crippen MR) is 208 cm³/mol. The summed E-state index contributed by atoms with van der Waals surface area (Å²) >= 11 is 0. The molecule has 5 heterocycles. The average Bonchev–Trinajstić information content (AvgIpc) is 3.80. The molecule has 4 aromatic rings. The number of fused-ring (bicyclic) bond motifs is 2. The number of benzene rings is 2. The minimum atomic E-state index is -2.64. The molecule has 5 aliphatic rings. The second kappa shape index (κ2) is 14.6. The second-order valence-electron chi connectivity index (χ2n) is 16.9. The molecule has 1 spiro atoms. The number of carboxylic acids is 1. The van der Waals surface area contributed by atoms with Crippen molar-refractivity contribution in [2.24, 2.45) is 12.5 Å². The molecule has 13 heteroatoms. The highest BCUT2D eigenvalue weighted by molar-refractivity contribution is 5.87. The number of likely N-dealkylation sites (tertiary alicyclic amines) is 1. The fourth-order valence-electron chi connectivity index (χ4n) is 10.4. The van der Waals surface area contributed by atoms with Crippen molar-refractivity contribution in [2.75, 3.05) is 31.1 Å². The topological polar surface area (TPSA) is 109 Å². The van der Waals surface area contributed by atoms with Crippen LogP contribution in [0.2, 0.25) is 0 Å². The predicted octanol–water partition coefficient (Wildman–Crippen LogP) is 7.72. The molecule has 2 aliphatic carbocycles. The molecule has 2 aromatic carbocycles. The van der Waals surface area contributed by atoms with E-state index in [0.29, 0.717) is 42.2 Å². The first-order valence-electron chi connectivity index (χ1n) is 20.4. The first kappa shape index (κ1) is 36.8. The highest BCUT2D eigenvalue weighted by atomic mass is 19.3. The Labute approximate surface area is 326 Å². The molecule has 1 amide bonds. The maximum atomic E-state index is 14.7. The molecule has 2 aromatic heterocycles. The number of carboxylic acid groups (broad SMARTS) is 1. The smallest absolute Gasteiger partial charge is 0.335 e. The summed E-state index contributed by atoms with van der Waals surface area (Å²) in [5.41, 5.74) is 5.93. The summed E-state index contributed by atoms with van der Waals surface area (Å²) in [6.07, 6.45) is 12.2. The van der Waals surface area contributed by atoms with Crippen LogP contribution in [0.1, 0.15) is 110 Å². The van der Waals surface area contributed by atoms with Gasteiger partial charge >= 0.3 is 5.97 Å². The van der Waals surface area contributed by atoms with Gasteiger partial charge in [0.2, 0.25) is 5.91 Å².